The molecule has 1 aromatic carbocycles. The monoisotopic (exact) mass is 483 g/mol. The van der Waals surface area contributed by atoms with E-state index >= 15 is 0 Å². The molecule has 174 valence electrons. The lowest BCUT2D eigenvalue weighted by atomic mass is 9.67. The van der Waals surface area contributed by atoms with Crippen molar-refractivity contribution in [2.24, 2.45) is 0 Å². The molecule has 34 heavy (non-hydrogen) atoms. The van der Waals surface area contributed by atoms with E-state index in [9.17, 15) is 18.0 Å². The smallest absolute Gasteiger partial charge is 0.417 e. The zero-order valence-electron chi connectivity index (χ0n) is 18.3. The predicted octanol–water partition coefficient (Wildman–Crippen LogP) is 6.46. The lowest BCUT2D eigenvalue weighted by Crippen LogP contribution is -2.51. The molecule has 0 aliphatic carbocycles. The van der Waals surface area contributed by atoms with Crippen LogP contribution in [0.4, 0.5) is 13.2 Å². The van der Waals surface area contributed by atoms with Crippen molar-refractivity contribution >= 4 is 34.0 Å². The summed E-state index contributed by atoms with van der Waals surface area (Å²) in [5.41, 5.74) is 1.13. The summed E-state index contributed by atoms with van der Waals surface area (Å²) in [6.45, 7) is 1.96. The largest absolute Gasteiger partial charge is 0.464 e. The van der Waals surface area contributed by atoms with Gasteiger partial charge in [-0.25, -0.2) is 0 Å². The molecule has 1 N–H and O–H groups in total. The van der Waals surface area contributed by atoms with Gasteiger partial charge >= 0.3 is 6.18 Å². The van der Waals surface area contributed by atoms with Crippen LogP contribution >= 0.6 is 11.3 Å². The van der Waals surface area contributed by atoms with Gasteiger partial charge in [0, 0.05) is 46.3 Å². The fraction of sp³-hybridized carbons (Fsp3) is 0.240. The molecule has 1 aliphatic heterocycles. The third-order valence-electron chi connectivity index (χ3n) is 6.51. The lowest BCUT2D eigenvalue weighted by molar-refractivity contribution is -0.137. The van der Waals surface area contributed by atoms with Crippen LogP contribution in [0.3, 0.4) is 0 Å². The Hall–Kier alpha value is -3.46. The summed E-state index contributed by atoms with van der Waals surface area (Å²) in [4.78, 5) is 19.7. The number of thiophene rings is 1. The third kappa shape index (κ3) is 3.60. The van der Waals surface area contributed by atoms with Crippen LogP contribution in [0.5, 0.6) is 0 Å². The Morgan fingerprint density at radius 3 is 2.71 bits per heavy atom. The number of rotatable bonds is 3. The lowest BCUT2D eigenvalue weighted by Gasteiger charge is -2.44. The molecule has 1 aliphatic rings. The standard InChI is InChI=1S/C25H20F3N3O2S/c1-24(20-10-16(13-34-20)18-5-4-17(12-30-18)25(26,27)28)11-21(29)31(2)23(32)22(24)15-3-6-19-14(9-15)7-8-33-19/h3-10,12-13,22,29H,11H2,1-2H3/t22-,24-/m1/s1. The number of carbonyl (C=O) groups excluding carboxylic acids is 1. The van der Waals surface area contributed by atoms with E-state index in [-0.39, 0.29) is 11.7 Å². The number of pyridine rings is 1. The first kappa shape index (κ1) is 22.3. The zero-order valence-corrected chi connectivity index (χ0v) is 19.1. The van der Waals surface area contributed by atoms with E-state index in [0.29, 0.717) is 17.7 Å². The van der Waals surface area contributed by atoms with Gasteiger partial charge in [-0.05, 0) is 42.0 Å². The quantitative estimate of drug-likeness (QED) is 0.364. The van der Waals surface area contributed by atoms with Crippen molar-refractivity contribution in [1.82, 2.24) is 9.88 Å². The zero-order chi connectivity index (χ0) is 24.3. The molecule has 0 bridgehead atoms. The number of fused-ring (bicyclic) bond motifs is 1. The first-order valence-corrected chi connectivity index (χ1v) is 11.4. The summed E-state index contributed by atoms with van der Waals surface area (Å²) in [5, 5.41) is 11.1. The van der Waals surface area contributed by atoms with Crippen molar-refractivity contribution in [2.75, 3.05) is 7.05 Å². The van der Waals surface area contributed by atoms with Crippen LogP contribution in [0, 0.1) is 5.41 Å². The number of likely N-dealkylation sites (tertiary alicyclic amines) is 1. The second-order valence-electron chi connectivity index (χ2n) is 8.72. The number of piperidine rings is 1. The van der Waals surface area contributed by atoms with Gasteiger partial charge in [0.15, 0.2) is 0 Å². The molecule has 5 nitrogen and oxygen atoms in total. The van der Waals surface area contributed by atoms with E-state index in [1.807, 2.05) is 42.6 Å². The van der Waals surface area contributed by atoms with Crippen LogP contribution in [0.15, 0.2) is 64.7 Å². The molecule has 0 saturated carbocycles. The highest BCUT2D eigenvalue weighted by atomic mass is 32.1. The van der Waals surface area contributed by atoms with Gasteiger partial charge in [0.25, 0.3) is 0 Å². The molecule has 3 aromatic heterocycles. The van der Waals surface area contributed by atoms with Crippen molar-refractivity contribution in [1.29, 1.82) is 5.41 Å². The van der Waals surface area contributed by atoms with E-state index in [2.05, 4.69) is 4.98 Å². The molecule has 5 rings (SSSR count). The summed E-state index contributed by atoms with van der Waals surface area (Å²) in [7, 11) is 1.61. The average molecular weight is 484 g/mol. The number of carbonyl (C=O) groups is 1. The van der Waals surface area contributed by atoms with Gasteiger partial charge in [0.2, 0.25) is 5.91 Å². The number of nitrogens with zero attached hydrogens (tertiary/aromatic N) is 2. The number of hydrogen-bond acceptors (Lipinski definition) is 5. The van der Waals surface area contributed by atoms with Crippen molar-refractivity contribution in [3.05, 3.63) is 76.3 Å². The van der Waals surface area contributed by atoms with E-state index in [4.69, 9.17) is 9.83 Å². The van der Waals surface area contributed by atoms with Crippen LogP contribution in [0.1, 0.15) is 35.3 Å². The van der Waals surface area contributed by atoms with Gasteiger partial charge in [-0.15, -0.1) is 11.3 Å². The van der Waals surface area contributed by atoms with E-state index < -0.39 is 23.1 Å². The molecule has 1 fully saturated rings. The third-order valence-corrected chi connectivity index (χ3v) is 7.72. The SMILES string of the molecule is CN1C(=N)C[C@](C)(c2cc(-c3ccc(C(F)(F)F)cn3)cs2)[C@H](c2ccc3occc3c2)C1=O. The highest BCUT2D eigenvalue weighted by Gasteiger charge is 2.49. The molecule has 1 saturated heterocycles. The Labute approximate surface area is 197 Å². The number of likely N-dealkylation sites (N-methyl/N-ethyl adjacent to an activating group) is 1. The Balaban J connectivity index is 1.57. The fourth-order valence-electron chi connectivity index (χ4n) is 4.57. The van der Waals surface area contributed by atoms with Gasteiger partial charge in [-0.3, -0.25) is 15.2 Å². The Bertz CT molecular complexity index is 1410. The number of nitrogens with one attached hydrogen (secondary N) is 1. The molecular weight excluding hydrogens is 463 g/mol. The molecule has 4 heterocycles. The topological polar surface area (TPSA) is 70.2 Å². The number of alkyl halides is 3. The van der Waals surface area contributed by atoms with Crippen LogP contribution in [-0.4, -0.2) is 28.7 Å². The number of halogens is 3. The molecule has 0 radical (unpaired) electrons. The minimum Gasteiger partial charge on any atom is -0.464 e. The maximum atomic E-state index is 13.5. The molecule has 0 spiro atoms. The Kier molecular flexibility index (Phi) is 5.12. The molecule has 4 aromatic rings. The van der Waals surface area contributed by atoms with Crippen molar-refractivity contribution in [2.45, 2.75) is 30.9 Å². The summed E-state index contributed by atoms with van der Waals surface area (Å²) < 4.78 is 44.2. The first-order chi connectivity index (χ1) is 16.1. The van der Waals surface area contributed by atoms with Gasteiger partial charge in [0.1, 0.15) is 11.4 Å². The van der Waals surface area contributed by atoms with Crippen molar-refractivity contribution < 1.29 is 22.4 Å². The number of furan rings is 1. The van der Waals surface area contributed by atoms with Crippen LogP contribution in [0.2, 0.25) is 0 Å². The Morgan fingerprint density at radius 2 is 2.00 bits per heavy atom. The number of benzene rings is 1. The fourth-order valence-corrected chi connectivity index (χ4v) is 5.67. The molecule has 1 amide bonds. The number of amidine groups is 1. The highest BCUT2D eigenvalue weighted by Crippen LogP contribution is 2.49. The van der Waals surface area contributed by atoms with E-state index in [1.54, 1.807) is 13.3 Å². The average Bonchev–Trinajstić information content (AvgIpc) is 3.47. The van der Waals surface area contributed by atoms with Crippen LogP contribution in [-0.2, 0) is 16.4 Å². The minimum absolute atomic E-state index is 0.177. The van der Waals surface area contributed by atoms with E-state index in [0.717, 1.165) is 33.7 Å². The predicted molar refractivity (Wildman–Crippen MR) is 124 cm³/mol. The first-order valence-electron chi connectivity index (χ1n) is 10.5. The molecule has 0 unspecified atom stereocenters. The normalized spacial score (nSPS) is 21.4. The summed E-state index contributed by atoms with van der Waals surface area (Å²) in [6, 6.07) is 11.7. The van der Waals surface area contributed by atoms with Crippen LogP contribution in [0.25, 0.3) is 22.2 Å². The van der Waals surface area contributed by atoms with Crippen molar-refractivity contribution in [3.63, 3.8) is 0 Å². The molecular formula is C25H20F3N3O2S. The van der Waals surface area contributed by atoms with E-state index in [1.165, 1.54) is 22.3 Å². The van der Waals surface area contributed by atoms with Crippen molar-refractivity contribution in [3.8, 4) is 11.3 Å². The van der Waals surface area contributed by atoms with Gasteiger partial charge < -0.3 is 9.32 Å². The summed E-state index contributed by atoms with van der Waals surface area (Å²) in [6.07, 6.45) is -1.69. The summed E-state index contributed by atoms with van der Waals surface area (Å²) in [5.74, 6) is -0.502. The second kappa shape index (κ2) is 7.80. The van der Waals surface area contributed by atoms with Gasteiger partial charge in [-0.1, -0.05) is 13.0 Å². The summed E-state index contributed by atoms with van der Waals surface area (Å²) >= 11 is 1.42. The second-order valence-corrected chi connectivity index (χ2v) is 9.63. The highest BCUT2D eigenvalue weighted by molar-refractivity contribution is 7.10. The minimum atomic E-state index is -4.45. The van der Waals surface area contributed by atoms with Crippen LogP contribution < -0.4 is 0 Å². The number of amides is 1. The van der Waals surface area contributed by atoms with Gasteiger partial charge in [0.05, 0.1) is 23.4 Å². The Morgan fingerprint density at radius 1 is 1.21 bits per heavy atom. The molecule has 2 atom stereocenters. The maximum absolute atomic E-state index is 13.5. The maximum Gasteiger partial charge on any atom is 0.417 e. The van der Waals surface area contributed by atoms with Gasteiger partial charge in [-0.2, -0.15) is 13.2 Å². The molecule has 9 heteroatoms. The number of hydrogen-bond donors (Lipinski definition) is 1. The number of aromatic nitrogens is 1.